The number of primary amides is 1. The van der Waals surface area contributed by atoms with Gasteiger partial charge >= 0.3 is 0 Å². The fourth-order valence-corrected chi connectivity index (χ4v) is 2.92. The summed E-state index contributed by atoms with van der Waals surface area (Å²) < 4.78 is 11.8. The summed E-state index contributed by atoms with van der Waals surface area (Å²) in [6, 6.07) is 14.6. The van der Waals surface area contributed by atoms with Crippen LogP contribution in [-0.4, -0.2) is 29.7 Å². The Morgan fingerprint density at radius 1 is 1.14 bits per heavy atom. The summed E-state index contributed by atoms with van der Waals surface area (Å²) in [7, 11) is 3.14. The Kier molecular flexibility index (Phi) is 6.13. The highest BCUT2D eigenvalue weighted by Crippen LogP contribution is 2.25. The minimum Gasteiger partial charge on any atom is -0.497 e. The normalized spacial score (nSPS) is 10.4. The zero-order chi connectivity index (χ0) is 20.8. The predicted molar refractivity (Wildman–Crippen MR) is 110 cm³/mol. The molecule has 1 heterocycles. The maximum atomic E-state index is 13.0. The molecule has 0 unspecified atom stereocenters. The lowest BCUT2D eigenvalue weighted by Crippen LogP contribution is -2.31. The third-order valence-corrected chi connectivity index (χ3v) is 4.36. The summed E-state index contributed by atoms with van der Waals surface area (Å²) in [6.45, 7) is 0.0583. The summed E-state index contributed by atoms with van der Waals surface area (Å²) in [5.41, 5.74) is 6.77. The lowest BCUT2D eigenvalue weighted by Gasteiger charge is -2.15. The summed E-state index contributed by atoms with van der Waals surface area (Å²) in [4.78, 5) is 28.9. The van der Waals surface area contributed by atoms with Crippen molar-refractivity contribution in [2.24, 2.45) is 5.73 Å². The van der Waals surface area contributed by atoms with Crippen LogP contribution in [0.25, 0.3) is 11.4 Å². The topological polar surface area (TPSA) is 108 Å². The van der Waals surface area contributed by atoms with Crippen molar-refractivity contribution in [2.45, 2.75) is 13.1 Å². The van der Waals surface area contributed by atoms with Gasteiger partial charge in [-0.3, -0.25) is 14.2 Å². The Hall–Kier alpha value is -3.81. The number of amides is 1. The van der Waals surface area contributed by atoms with Crippen molar-refractivity contribution in [2.75, 3.05) is 19.5 Å². The molecular weight excluding hydrogens is 372 g/mol. The molecule has 1 amide bonds. The molecule has 3 N–H and O–H groups in total. The van der Waals surface area contributed by atoms with E-state index in [1.165, 1.54) is 10.8 Å². The molecule has 2 aromatic carbocycles. The van der Waals surface area contributed by atoms with Crippen molar-refractivity contribution in [3.05, 3.63) is 70.6 Å². The number of nitrogens with one attached hydrogen (secondary N) is 1. The van der Waals surface area contributed by atoms with E-state index in [2.05, 4.69) is 10.3 Å². The number of benzene rings is 2. The summed E-state index contributed by atoms with van der Waals surface area (Å²) in [5, 5.41) is 3.06. The van der Waals surface area contributed by atoms with E-state index in [-0.39, 0.29) is 17.8 Å². The zero-order valence-corrected chi connectivity index (χ0v) is 16.2. The van der Waals surface area contributed by atoms with Crippen molar-refractivity contribution in [3.63, 3.8) is 0 Å². The second-order valence-corrected chi connectivity index (χ2v) is 6.25. The molecule has 8 nitrogen and oxygen atoms in total. The van der Waals surface area contributed by atoms with Gasteiger partial charge in [0.15, 0.2) is 0 Å². The summed E-state index contributed by atoms with van der Waals surface area (Å²) in [5.74, 6) is 1.05. The van der Waals surface area contributed by atoms with Gasteiger partial charge in [0.1, 0.15) is 29.6 Å². The number of nitrogens with zero attached hydrogens (tertiary/aromatic N) is 2. The predicted octanol–water partition coefficient (Wildman–Crippen LogP) is 2.02. The SMILES string of the molecule is COc1ccc(CNc2cnc(-c3ccccc3)n(CC(N)=O)c2=O)c(OC)c1. The van der Waals surface area contributed by atoms with Gasteiger partial charge < -0.3 is 20.5 Å². The number of carbonyl (C=O) groups excluding carboxylic acids is 1. The molecule has 1 aromatic heterocycles. The van der Waals surface area contributed by atoms with Gasteiger partial charge in [0.25, 0.3) is 5.56 Å². The molecule has 150 valence electrons. The molecule has 0 saturated carbocycles. The first-order chi connectivity index (χ1) is 14.0. The largest absolute Gasteiger partial charge is 0.497 e. The van der Waals surface area contributed by atoms with Crippen LogP contribution in [0.1, 0.15) is 5.56 Å². The van der Waals surface area contributed by atoms with Gasteiger partial charge in [-0.2, -0.15) is 0 Å². The van der Waals surface area contributed by atoms with Crippen molar-refractivity contribution < 1.29 is 14.3 Å². The minimum atomic E-state index is -0.625. The van der Waals surface area contributed by atoms with Crippen LogP contribution in [0.5, 0.6) is 11.5 Å². The average Bonchev–Trinajstić information content (AvgIpc) is 2.74. The second-order valence-electron chi connectivity index (χ2n) is 6.25. The van der Waals surface area contributed by atoms with Crippen LogP contribution in [0.4, 0.5) is 5.69 Å². The molecule has 0 aliphatic carbocycles. The maximum absolute atomic E-state index is 13.0. The molecule has 8 heteroatoms. The first-order valence-corrected chi connectivity index (χ1v) is 8.91. The molecule has 0 radical (unpaired) electrons. The second kappa shape index (κ2) is 8.92. The molecule has 29 heavy (non-hydrogen) atoms. The lowest BCUT2D eigenvalue weighted by molar-refractivity contribution is -0.118. The third-order valence-electron chi connectivity index (χ3n) is 4.36. The maximum Gasteiger partial charge on any atom is 0.277 e. The number of methoxy groups -OCH3 is 2. The number of hydrogen-bond acceptors (Lipinski definition) is 6. The van der Waals surface area contributed by atoms with Gasteiger partial charge in [0.2, 0.25) is 5.91 Å². The van der Waals surface area contributed by atoms with Gasteiger partial charge in [-0.1, -0.05) is 30.3 Å². The highest BCUT2D eigenvalue weighted by molar-refractivity contribution is 5.74. The number of anilines is 1. The van der Waals surface area contributed by atoms with Gasteiger partial charge in [0, 0.05) is 23.7 Å². The number of hydrogen-bond donors (Lipinski definition) is 2. The van der Waals surface area contributed by atoms with Gasteiger partial charge in [0.05, 0.1) is 20.4 Å². The monoisotopic (exact) mass is 394 g/mol. The van der Waals surface area contributed by atoms with Crippen LogP contribution in [0.2, 0.25) is 0 Å². The van der Waals surface area contributed by atoms with E-state index in [0.717, 1.165) is 5.56 Å². The van der Waals surface area contributed by atoms with Crippen molar-refractivity contribution >= 4 is 11.6 Å². The van der Waals surface area contributed by atoms with E-state index in [9.17, 15) is 9.59 Å². The number of carbonyl (C=O) groups is 1. The Bertz CT molecular complexity index is 1060. The fourth-order valence-electron chi connectivity index (χ4n) is 2.92. The molecular formula is C21H22N4O4. The Morgan fingerprint density at radius 3 is 2.55 bits per heavy atom. The lowest BCUT2D eigenvalue weighted by atomic mass is 10.2. The number of nitrogens with two attached hydrogens (primary N) is 1. The molecule has 0 atom stereocenters. The molecule has 3 aromatic rings. The standard InChI is InChI=1S/C21H22N4O4/c1-28-16-9-8-15(18(10-16)29-2)11-23-17-12-24-20(14-6-4-3-5-7-14)25(21(17)27)13-19(22)26/h3-10,12,23H,11,13H2,1-2H3,(H2,22,26). The molecule has 0 fully saturated rings. The van der Waals surface area contributed by atoms with Crippen LogP contribution in [0.3, 0.4) is 0 Å². The van der Waals surface area contributed by atoms with Gasteiger partial charge in [-0.25, -0.2) is 4.98 Å². The van der Waals surface area contributed by atoms with E-state index in [1.54, 1.807) is 20.3 Å². The summed E-state index contributed by atoms with van der Waals surface area (Å²) >= 11 is 0. The first kappa shape index (κ1) is 19.9. The average molecular weight is 394 g/mol. The molecule has 0 aliphatic rings. The van der Waals surface area contributed by atoms with E-state index in [1.807, 2.05) is 42.5 Å². The molecule has 0 bridgehead atoms. The summed E-state index contributed by atoms with van der Waals surface area (Å²) in [6.07, 6.45) is 1.46. The quantitative estimate of drug-likeness (QED) is 0.605. The van der Waals surface area contributed by atoms with E-state index in [0.29, 0.717) is 29.4 Å². The smallest absolute Gasteiger partial charge is 0.277 e. The third kappa shape index (κ3) is 4.55. The highest BCUT2D eigenvalue weighted by atomic mass is 16.5. The number of aromatic nitrogens is 2. The van der Waals surface area contributed by atoms with Crippen LogP contribution in [0, 0.1) is 0 Å². The zero-order valence-electron chi connectivity index (χ0n) is 16.2. The Morgan fingerprint density at radius 2 is 1.90 bits per heavy atom. The van der Waals surface area contributed by atoms with Crippen molar-refractivity contribution in [1.29, 1.82) is 0 Å². The van der Waals surface area contributed by atoms with Crippen molar-refractivity contribution in [3.8, 4) is 22.9 Å². The first-order valence-electron chi connectivity index (χ1n) is 8.91. The molecule has 0 aliphatic heterocycles. The van der Waals surface area contributed by atoms with E-state index < -0.39 is 5.91 Å². The van der Waals surface area contributed by atoms with Crippen LogP contribution < -0.4 is 26.1 Å². The van der Waals surface area contributed by atoms with Crippen molar-refractivity contribution in [1.82, 2.24) is 9.55 Å². The van der Waals surface area contributed by atoms with Crippen LogP contribution in [-0.2, 0) is 17.9 Å². The number of rotatable bonds is 8. The van der Waals surface area contributed by atoms with Gasteiger partial charge in [-0.15, -0.1) is 0 Å². The highest BCUT2D eigenvalue weighted by Gasteiger charge is 2.14. The number of ether oxygens (including phenoxy) is 2. The van der Waals surface area contributed by atoms with E-state index in [4.69, 9.17) is 15.2 Å². The Labute approximate surface area is 167 Å². The minimum absolute atomic E-state index is 0.254. The molecule has 0 spiro atoms. The van der Waals surface area contributed by atoms with E-state index >= 15 is 0 Å². The van der Waals surface area contributed by atoms with Crippen LogP contribution >= 0.6 is 0 Å². The fraction of sp³-hybridized carbons (Fsp3) is 0.190. The van der Waals surface area contributed by atoms with Gasteiger partial charge in [-0.05, 0) is 12.1 Å². The Balaban J connectivity index is 1.93. The molecule has 0 saturated heterocycles. The van der Waals surface area contributed by atoms with Crippen LogP contribution in [0.15, 0.2) is 59.5 Å². The molecule has 3 rings (SSSR count).